The summed E-state index contributed by atoms with van der Waals surface area (Å²) >= 11 is 0. The molecule has 0 heterocycles. The van der Waals surface area contributed by atoms with Crippen molar-refractivity contribution in [3.05, 3.63) is 24.3 Å². The summed E-state index contributed by atoms with van der Waals surface area (Å²) in [7, 11) is 0. The molecule has 0 bridgehead atoms. The molecule has 0 amide bonds. The molecule has 0 radical (unpaired) electrons. The Hall–Kier alpha value is -1.73. The molecule has 104 valence electrons. The summed E-state index contributed by atoms with van der Waals surface area (Å²) in [6.45, 7) is 8.62. The molecule has 1 unspecified atom stereocenters. The molecule has 0 spiro atoms. The van der Waals surface area contributed by atoms with Gasteiger partial charge in [0.2, 0.25) is 0 Å². The predicted octanol–water partition coefficient (Wildman–Crippen LogP) is 2.74. The Morgan fingerprint density at radius 2 is 1.84 bits per heavy atom. The fourth-order valence-electron chi connectivity index (χ4n) is 1.81. The van der Waals surface area contributed by atoms with E-state index in [0.29, 0.717) is 18.1 Å². The Balaban J connectivity index is 2.72. The fourth-order valence-corrected chi connectivity index (χ4v) is 1.81. The topological polar surface area (TPSA) is 54.3 Å². The first-order valence-electron chi connectivity index (χ1n) is 6.54. The summed E-state index contributed by atoms with van der Waals surface area (Å²) in [5, 5.41) is 12.5. The molecular weight excluding hydrogens is 240 g/mol. The molecule has 4 heteroatoms. The van der Waals surface area contributed by atoms with Gasteiger partial charge in [0.1, 0.15) is 12.1 Å². The number of nitrogens with one attached hydrogen (secondary N) is 1. The van der Waals surface area contributed by atoms with Crippen LogP contribution in [0.1, 0.15) is 27.7 Å². The van der Waals surface area contributed by atoms with Crippen molar-refractivity contribution in [1.82, 2.24) is 5.32 Å². The first-order valence-corrected chi connectivity index (χ1v) is 6.54. The van der Waals surface area contributed by atoms with E-state index < -0.39 is 5.54 Å². The lowest BCUT2D eigenvalue weighted by Crippen LogP contribution is -2.49. The van der Waals surface area contributed by atoms with E-state index in [4.69, 9.17) is 9.47 Å². The molecule has 1 aromatic carbocycles. The Labute approximate surface area is 115 Å². The molecule has 1 rings (SSSR count). The van der Waals surface area contributed by atoms with E-state index in [1.807, 2.05) is 52.0 Å². The van der Waals surface area contributed by atoms with Gasteiger partial charge in [-0.1, -0.05) is 12.1 Å². The number of nitriles is 1. The fraction of sp³-hybridized carbons (Fsp3) is 0.533. The van der Waals surface area contributed by atoms with Crippen LogP contribution in [0.15, 0.2) is 24.3 Å². The average Bonchev–Trinajstić information content (AvgIpc) is 2.37. The van der Waals surface area contributed by atoms with Gasteiger partial charge in [0, 0.05) is 6.04 Å². The van der Waals surface area contributed by atoms with Gasteiger partial charge in [-0.25, -0.2) is 0 Å². The maximum absolute atomic E-state index is 9.26. The van der Waals surface area contributed by atoms with Crippen LogP contribution in [0.3, 0.4) is 0 Å². The summed E-state index contributed by atoms with van der Waals surface area (Å²) < 4.78 is 11.2. The van der Waals surface area contributed by atoms with Crippen molar-refractivity contribution in [2.75, 3.05) is 13.2 Å². The van der Waals surface area contributed by atoms with E-state index in [1.54, 1.807) is 0 Å². The van der Waals surface area contributed by atoms with Gasteiger partial charge in [-0.05, 0) is 39.8 Å². The highest BCUT2D eigenvalue weighted by Crippen LogP contribution is 2.27. The average molecular weight is 262 g/mol. The maximum atomic E-state index is 9.26. The summed E-state index contributed by atoms with van der Waals surface area (Å²) in [5.41, 5.74) is -0.715. The lowest BCUT2D eigenvalue weighted by molar-refractivity contribution is 0.213. The van der Waals surface area contributed by atoms with Crippen LogP contribution in [0.4, 0.5) is 0 Å². The van der Waals surface area contributed by atoms with Gasteiger partial charge >= 0.3 is 0 Å². The number of nitrogens with zero attached hydrogens (tertiary/aromatic N) is 1. The number of rotatable bonds is 7. The summed E-state index contributed by atoms with van der Waals surface area (Å²) in [6.07, 6.45) is 0. The summed E-state index contributed by atoms with van der Waals surface area (Å²) in [6, 6.07) is 9.96. The molecule has 4 nitrogen and oxygen atoms in total. The van der Waals surface area contributed by atoms with Crippen molar-refractivity contribution < 1.29 is 9.47 Å². The molecule has 0 aliphatic heterocycles. The second kappa shape index (κ2) is 7.01. The minimum absolute atomic E-state index is 0.218. The van der Waals surface area contributed by atoms with Crippen LogP contribution in [0.5, 0.6) is 11.5 Å². The van der Waals surface area contributed by atoms with Crippen molar-refractivity contribution in [2.24, 2.45) is 0 Å². The molecule has 19 heavy (non-hydrogen) atoms. The van der Waals surface area contributed by atoms with Crippen molar-refractivity contribution in [3.8, 4) is 17.6 Å². The van der Waals surface area contributed by atoms with E-state index in [9.17, 15) is 5.26 Å². The minimum atomic E-state index is -0.715. The number of hydrogen-bond donors (Lipinski definition) is 1. The first-order chi connectivity index (χ1) is 9.00. The summed E-state index contributed by atoms with van der Waals surface area (Å²) in [4.78, 5) is 0. The van der Waals surface area contributed by atoms with Crippen molar-refractivity contribution in [1.29, 1.82) is 5.26 Å². The van der Waals surface area contributed by atoms with Crippen LogP contribution in [-0.4, -0.2) is 24.8 Å². The molecule has 1 aromatic rings. The lowest BCUT2D eigenvalue weighted by Gasteiger charge is -2.26. The zero-order chi connectivity index (χ0) is 14.3. The van der Waals surface area contributed by atoms with Gasteiger partial charge in [0.05, 0.1) is 12.7 Å². The predicted molar refractivity (Wildman–Crippen MR) is 75.4 cm³/mol. The smallest absolute Gasteiger partial charge is 0.161 e. The van der Waals surface area contributed by atoms with Gasteiger partial charge in [0.15, 0.2) is 11.5 Å². The third-order valence-corrected chi connectivity index (χ3v) is 2.52. The highest BCUT2D eigenvalue weighted by molar-refractivity contribution is 5.39. The van der Waals surface area contributed by atoms with Crippen molar-refractivity contribution in [3.63, 3.8) is 0 Å². The van der Waals surface area contributed by atoms with E-state index >= 15 is 0 Å². The van der Waals surface area contributed by atoms with E-state index in [-0.39, 0.29) is 12.6 Å². The molecule has 0 aliphatic rings. The minimum Gasteiger partial charge on any atom is -0.490 e. The largest absolute Gasteiger partial charge is 0.490 e. The van der Waals surface area contributed by atoms with E-state index in [2.05, 4.69) is 11.4 Å². The lowest BCUT2D eigenvalue weighted by atomic mass is 10.1. The van der Waals surface area contributed by atoms with Gasteiger partial charge in [-0.15, -0.1) is 0 Å². The SMILES string of the molecule is CCOc1ccccc1OCC(C)(C#N)NC(C)C. The number of para-hydroxylation sites is 2. The summed E-state index contributed by atoms with van der Waals surface area (Å²) in [5.74, 6) is 1.37. The highest BCUT2D eigenvalue weighted by atomic mass is 16.5. The normalized spacial score (nSPS) is 13.7. The molecule has 0 fully saturated rings. The standard InChI is InChI=1S/C15H22N2O2/c1-5-18-13-8-6-7-9-14(13)19-11-15(4,10-16)17-12(2)3/h6-9,12,17H,5,11H2,1-4H3. The van der Waals surface area contributed by atoms with Crippen molar-refractivity contribution >= 4 is 0 Å². The number of ether oxygens (including phenoxy) is 2. The van der Waals surface area contributed by atoms with Crippen LogP contribution >= 0.6 is 0 Å². The molecule has 0 aromatic heterocycles. The third-order valence-electron chi connectivity index (χ3n) is 2.52. The quantitative estimate of drug-likeness (QED) is 0.821. The first kappa shape index (κ1) is 15.3. The molecule has 0 saturated carbocycles. The van der Waals surface area contributed by atoms with Gasteiger partial charge in [-0.3, -0.25) is 5.32 Å². The van der Waals surface area contributed by atoms with Gasteiger partial charge < -0.3 is 9.47 Å². The molecule has 0 aliphatic carbocycles. The zero-order valence-corrected chi connectivity index (χ0v) is 12.1. The van der Waals surface area contributed by atoms with E-state index in [1.165, 1.54) is 0 Å². The van der Waals surface area contributed by atoms with Gasteiger partial charge in [0.25, 0.3) is 0 Å². The van der Waals surface area contributed by atoms with Crippen LogP contribution in [-0.2, 0) is 0 Å². The monoisotopic (exact) mass is 262 g/mol. The Bertz CT molecular complexity index is 440. The second-order valence-corrected chi connectivity index (χ2v) is 4.91. The van der Waals surface area contributed by atoms with Crippen molar-refractivity contribution in [2.45, 2.75) is 39.3 Å². The Morgan fingerprint density at radius 3 is 2.32 bits per heavy atom. The Morgan fingerprint density at radius 1 is 1.26 bits per heavy atom. The van der Waals surface area contributed by atoms with Crippen LogP contribution in [0.25, 0.3) is 0 Å². The van der Waals surface area contributed by atoms with Crippen LogP contribution in [0, 0.1) is 11.3 Å². The highest BCUT2D eigenvalue weighted by Gasteiger charge is 2.25. The van der Waals surface area contributed by atoms with Gasteiger partial charge in [-0.2, -0.15) is 5.26 Å². The van der Waals surface area contributed by atoms with E-state index in [0.717, 1.165) is 0 Å². The third kappa shape index (κ3) is 4.80. The zero-order valence-electron chi connectivity index (χ0n) is 12.1. The maximum Gasteiger partial charge on any atom is 0.161 e. The number of benzene rings is 1. The molecular formula is C15H22N2O2. The molecule has 0 saturated heterocycles. The Kier molecular flexibility index (Phi) is 5.65. The second-order valence-electron chi connectivity index (χ2n) is 4.91. The van der Waals surface area contributed by atoms with Crippen LogP contribution < -0.4 is 14.8 Å². The number of hydrogen-bond acceptors (Lipinski definition) is 4. The van der Waals surface area contributed by atoms with Crippen LogP contribution in [0.2, 0.25) is 0 Å². The molecule has 1 atom stereocenters. The molecule has 1 N–H and O–H groups in total.